The molecule has 1 aromatic rings. The molecule has 5 heteroatoms. The van der Waals surface area contributed by atoms with Gasteiger partial charge in [-0.2, -0.15) is 0 Å². The van der Waals surface area contributed by atoms with E-state index in [0.717, 1.165) is 0 Å². The van der Waals surface area contributed by atoms with Crippen molar-refractivity contribution < 1.29 is 59.8 Å². The minimum Gasteiger partial charge on any atom is -0.540 e. The molecular weight excluding hydrogens is 237 g/mol. The second-order valence-electron chi connectivity index (χ2n) is 4.05. The van der Waals surface area contributed by atoms with Gasteiger partial charge in [-0.15, -0.1) is 5.54 Å². The second-order valence-corrected chi connectivity index (χ2v) is 5.65. The molecule has 0 spiro atoms. The summed E-state index contributed by atoms with van der Waals surface area (Å²) in [6, 6.07) is 8.24. The van der Waals surface area contributed by atoms with Crippen LogP contribution in [0.25, 0.3) is 4.72 Å². The van der Waals surface area contributed by atoms with Gasteiger partial charge in [0.15, 0.2) is 0 Å². The molecule has 3 nitrogen and oxygen atoms in total. The normalized spacial score (nSPS) is 11.9. The van der Waals surface area contributed by atoms with Crippen molar-refractivity contribution in [2.45, 2.75) is 31.2 Å². The Morgan fingerprint density at radius 3 is 1.93 bits per heavy atom. The largest absolute Gasteiger partial charge is 1.00 e. The maximum absolute atomic E-state index is 11.7. The monoisotopic (exact) mass is 251 g/mol. The number of hydrogen-bond acceptors (Lipinski definition) is 2. The summed E-state index contributed by atoms with van der Waals surface area (Å²) in [6.45, 7) is 5.27. The maximum atomic E-state index is 11.7. The number of benzene rings is 1. The van der Waals surface area contributed by atoms with E-state index in [2.05, 4.69) is 4.72 Å². The summed E-state index contributed by atoms with van der Waals surface area (Å²) >= 11 is 0. The first-order valence-electron chi connectivity index (χ1n) is 4.35. The van der Waals surface area contributed by atoms with Gasteiger partial charge in [0, 0.05) is 4.90 Å². The van der Waals surface area contributed by atoms with E-state index in [4.69, 9.17) is 0 Å². The van der Waals surface area contributed by atoms with Crippen LogP contribution >= 0.6 is 0 Å². The Bertz CT molecular complexity index is 395. The summed E-state index contributed by atoms with van der Waals surface area (Å²) in [5, 5.41) is 0. The fourth-order valence-corrected chi connectivity index (χ4v) is 2.33. The van der Waals surface area contributed by atoms with Gasteiger partial charge in [-0.3, -0.25) is 0 Å². The van der Waals surface area contributed by atoms with E-state index < -0.39 is 15.6 Å². The summed E-state index contributed by atoms with van der Waals surface area (Å²) in [5.41, 5.74) is -0.575. The Labute approximate surface area is 134 Å². The molecule has 0 aromatic heterocycles. The molecule has 0 N–H and O–H groups in total. The minimum absolute atomic E-state index is 0. The van der Waals surface area contributed by atoms with Crippen molar-refractivity contribution in [1.82, 2.24) is 0 Å². The fraction of sp³-hybridized carbons (Fsp3) is 0.400. The number of sulfonamides is 1. The molecule has 0 bridgehead atoms. The van der Waals surface area contributed by atoms with Crippen LogP contribution in [0.15, 0.2) is 35.2 Å². The van der Waals surface area contributed by atoms with Gasteiger partial charge in [0.2, 0.25) is 0 Å². The number of hydrogen-bond donors (Lipinski definition) is 0. The van der Waals surface area contributed by atoms with Crippen molar-refractivity contribution in [3.8, 4) is 0 Å². The van der Waals surface area contributed by atoms with Crippen LogP contribution in [0.5, 0.6) is 0 Å². The second kappa shape index (κ2) is 5.91. The van der Waals surface area contributed by atoms with Crippen LogP contribution in [0.4, 0.5) is 0 Å². The summed E-state index contributed by atoms with van der Waals surface area (Å²) < 4.78 is 27.1. The molecule has 0 atom stereocenters. The zero-order valence-corrected chi connectivity index (χ0v) is 13.5. The number of nitrogens with zero attached hydrogens (tertiary/aromatic N) is 1. The third kappa shape index (κ3) is 5.58. The molecule has 0 aliphatic rings. The van der Waals surface area contributed by atoms with Gasteiger partial charge in [-0.1, -0.05) is 39.0 Å². The van der Waals surface area contributed by atoms with Gasteiger partial charge in [-0.05, 0) is 12.1 Å². The van der Waals surface area contributed by atoms with Crippen molar-refractivity contribution in [3.05, 3.63) is 35.1 Å². The molecular formula is C10H14KNO2S. The van der Waals surface area contributed by atoms with E-state index >= 15 is 0 Å². The van der Waals surface area contributed by atoms with Crippen LogP contribution in [0.2, 0.25) is 0 Å². The standard InChI is InChI=1S/C10H14NO2S.K/c1-10(2,3)11-14(12,13)9-7-5-4-6-8-9;/h4-8H,1-3H3;/q-1;+1. The Morgan fingerprint density at radius 1 is 1.07 bits per heavy atom. The predicted octanol–water partition coefficient (Wildman–Crippen LogP) is -0.448. The molecule has 0 radical (unpaired) electrons. The molecule has 0 fully saturated rings. The molecule has 1 rings (SSSR count). The molecule has 0 saturated heterocycles. The molecule has 15 heavy (non-hydrogen) atoms. The van der Waals surface area contributed by atoms with E-state index in [1.54, 1.807) is 51.1 Å². The molecule has 1 aromatic carbocycles. The van der Waals surface area contributed by atoms with Gasteiger partial charge in [-0.25, -0.2) is 8.42 Å². The van der Waals surface area contributed by atoms with Crippen molar-refractivity contribution in [3.63, 3.8) is 0 Å². The van der Waals surface area contributed by atoms with Crippen molar-refractivity contribution in [2.24, 2.45) is 0 Å². The Kier molecular flexibility index (Phi) is 6.21. The van der Waals surface area contributed by atoms with Gasteiger partial charge >= 0.3 is 51.4 Å². The summed E-state index contributed by atoms with van der Waals surface area (Å²) in [7, 11) is -3.49. The summed E-state index contributed by atoms with van der Waals surface area (Å²) in [6.07, 6.45) is 0. The summed E-state index contributed by atoms with van der Waals surface area (Å²) in [5.74, 6) is 0. The van der Waals surface area contributed by atoms with E-state index in [-0.39, 0.29) is 56.3 Å². The maximum Gasteiger partial charge on any atom is 1.00 e. The molecule has 0 amide bonds. The van der Waals surface area contributed by atoms with E-state index in [0.29, 0.717) is 0 Å². The van der Waals surface area contributed by atoms with E-state index in [9.17, 15) is 8.42 Å². The SMILES string of the molecule is CC(C)(C)[N-]S(=O)(=O)c1ccccc1.[K+]. The quantitative estimate of drug-likeness (QED) is 0.669. The van der Waals surface area contributed by atoms with Gasteiger partial charge in [0.25, 0.3) is 0 Å². The van der Waals surface area contributed by atoms with Gasteiger partial charge in [0.1, 0.15) is 10.0 Å². The third-order valence-corrected chi connectivity index (χ3v) is 3.09. The molecule has 0 saturated carbocycles. The fourth-order valence-electron chi connectivity index (χ4n) is 1.01. The minimum atomic E-state index is -3.49. The van der Waals surface area contributed by atoms with Crippen molar-refractivity contribution in [2.75, 3.05) is 0 Å². The van der Waals surface area contributed by atoms with Crippen LogP contribution in [0, 0.1) is 0 Å². The third-order valence-electron chi connectivity index (χ3n) is 1.44. The first-order chi connectivity index (χ1) is 6.31. The Morgan fingerprint density at radius 2 is 1.53 bits per heavy atom. The number of rotatable bonds is 2. The smallest absolute Gasteiger partial charge is 0.540 e. The first-order valence-corrected chi connectivity index (χ1v) is 5.79. The van der Waals surface area contributed by atoms with Crippen molar-refractivity contribution in [1.29, 1.82) is 0 Å². The van der Waals surface area contributed by atoms with Crippen LogP contribution < -0.4 is 51.4 Å². The molecule has 78 valence electrons. The van der Waals surface area contributed by atoms with Gasteiger partial charge in [0.05, 0.1) is 0 Å². The summed E-state index contributed by atoms with van der Waals surface area (Å²) in [4.78, 5) is 0.245. The zero-order valence-electron chi connectivity index (χ0n) is 9.56. The first kappa shape index (κ1) is 15.8. The Balaban J connectivity index is 0.00000196. The van der Waals surface area contributed by atoms with E-state index in [1.807, 2.05) is 0 Å². The van der Waals surface area contributed by atoms with Crippen LogP contribution in [0.1, 0.15) is 20.8 Å². The molecule has 0 aliphatic heterocycles. The van der Waals surface area contributed by atoms with Crippen LogP contribution in [-0.4, -0.2) is 14.0 Å². The average molecular weight is 251 g/mol. The van der Waals surface area contributed by atoms with Crippen LogP contribution in [0.3, 0.4) is 0 Å². The zero-order chi connectivity index (χ0) is 10.8. The molecule has 0 heterocycles. The molecule has 0 unspecified atom stereocenters. The molecule has 0 aliphatic carbocycles. The van der Waals surface area contributed by atoms with E-state index in [1.165, 1.54) is 0 Å². The topological polar surface area (TPSA) is 48.2 Å². The van der Waals surface area contributed by atoms with Crippen LogP contribution in [-0.2, 0) is 10.0 Å². The Hall–Kier alpha value is 0.766. The van der Waals surface area contributed by atoms with Crippen molar-refractivity contribution >= 4 is 10.0 Å². The predicted molar refractivity (Wildman–Crippen MR) is 56.7 cm³/mol. The van der Waals surface area contributed by atoms with Gasteiger partial charge < -0.3 is 4.72 Å². The average Bonchev–Trinajstić information content (AvgIpc) is 2.01.